The Morgan fingerprint density at radius 2 is 1.71 bits per heavy atom. The number of hydrogen-bond donors (Lipinski definition) is 1. The van der Waals surface area contributed by atoms with Gasteiger partial charge in [0.05, 0.1) is 12.7 Å². The normalized spacial score (nSPS) is 29.5. The van der Waals surface area contributed by atoms with Crippen molar-refractivity contribution in [3.8, 4) is 0 Å². The quantitative estimate of drug-likeness (QED) is 0.664. The minimum atomic E-state index is 0.507. The van der Waals surface area contributed by atoms with Gasteiger partial charge in [-0.3, -0.25) is 0 Å². The molecule has 17 heavy (non-hydrogen) atoms. The zero-order valence-electron chi connectivity index (χ0n) is 11.7. The molecule has 1 saturated carbocycles. The summed E-state index contributed by atoms with van der Waals surface area (Å²) in [5.74, 6) is 1.67. The lowest BCUT2D eigenvalue weighted by Gasteiger charge is -2.31. The van der Waals surface area contributed by atoms with E-state index in [0.29, 0.717) is 6.10 Å². The Morgan fingerprint density at radius 3 is 2.35 bits per heavy atom. The summed E-state index contributed by atoms with van der Waals surface area (Å²) in [5.41, 5.74) is 0. The van der Waals surface area contributed by atoms with Crippen LogP contribution in [0.2, 0.25) is 0 Å². The van der Waals surface area contributed by atoms with Crippen LogP contribution in [0, 0.1) is 11.8 Å². The second-order valence-electron chi connectivity index (χ2n) is 5.51. The second-order valence-corrected chi connectivity index (χ2v) is 5.51. The predicted molar refractivity (Wildman–Crippen MR) is 71.3 cm³/mol. The van der Waals surface area contributed by atoms with Crippen LogP contribution in [0.1, 0.15) is 39.5 Å². The van der Waals surface area contributed by atoms with E-state index in [1.54, 1.807) is 7.11 Å². The van der Waals surface area contributed by atoms with Gasteiger partial charge in [-0.25, -0.2) is 0 Å². The summed E-state index contributed by atoms with van der Waals surface area (Å²) < 4.78 is 10.9. The number of methoxy groups -OCH3 is 1. The molecule has 1 fully saturated rings. The van der Waals surface area contributed by atoms with Gasteiger partial charge in [-0.15, -0.1) is 0 Å². The summed E-state index contributed by atoms with van der Waals surface area (Å²) in [4.78, 5) is 0. The summed E-state index contributed by atoms with van der Waals surface area (Å²) in [6, 6.07) is 0. The Balaban J connectivity index is 1.95. The maximum absolute atomic E-state index is 5.96. The molecule has 3 heteroatoms. The molecule has 0 spiro atoms. The first-order valence-electron chi connectivity index (χ1n) is 7.03. The number of rotatable bonds is 8. The average molecular weight is 243 g/mol. The molecule has 1 aliphatic rings. The minimum absolute atomic E-state index is 0.507. The van der Waals surface area contributed by atoms with Gasteiger partial charge in [0.15, 0.2) is 0 Å². The molecule has 0 radical (unpaired) electrons. The van der Waals surface area contributed by atoms with Crippen LogP contribution in [-0.2, 0) is 9.47 Å². The fraction of sp³-hybridized carbons (Fsp3) is 1.00. The third-order valence-electron chi connectivity index (χ3n) is 3.47. The standard InChI is InChI=1S/C14H29NO2/c1-12-9-13(2)11-14(10-12)17-7-4-5-15-6-8-16-3/h12-15H,4-11H2,1-3H3. The fourth-order valence-electron chi connectivity index (χ4n) is 2.76. The third-order valence-corrected chi connectivity index (χ3v) is 3.47. The van der Waals surface area contributed by atoms with E-state index in [2.05, 4.69) is 19.2 Å². The van der Waals surface area contributed by atoms with E-state index >= 15 is 0 Å². The molecule has 1 aliphatic carbocycles. The van der Waals surface area contributed by atoms with Gasteiger partial charge in [-0.2, -0.15) is 0 Å². The van der Waals surface area contributed by atoms with Gasteiger partial charge >= 0.3 is 0 Å². The van der Waals surface area contributed by atoms with E-state index in [-0.39, 0.29) is 0 Å². The molecule has 0 aromatic rings. The third kappa shape index (κ3) is 7.02. The van der Waals surface area contributed by atoms with Crippen LogP contribution < -0.4 is 5.32 Å². The largest absolute Gasteiger partial charge is 0.383 e. The van der Waals surface area contributed by atoms with E-state index in [4.69, 9.17) is 9.47 Å². The van der Waals surface area contributed by atoms with Crippen LogP contribution in [0.3, 0.4) is 0 Å². The highest BCUT2D eigenvalue weighted by Gasteiger charge is 2.23. The van der Waals surface area contributed by atoms with Crippen molar-refractivity contribution in [1.82, 2.24) is 5.32 Å². The molecule has 0 aromatic carbocycles. The zero-order valence-corrected chi connectivity index (χ0v) is 11.7. The van der Waals surface area contributed by atoms with E-state index in [9.17, 15) is 0 Å². The molecule has 102 valence electrons. The zero-order chi connectivity index (χ0) is 12.5. The van der Waals surface area contributed by atoms with Crippen LogP contribution in [0.25, 0.3) is 0 Å². The summed E-state index contributed by atoms with van der Waals surface area (Å²) in [6.45, 7) is 8.34. The SMILES string of the molecule is COCCNCCCOC1CC(C)CC(C)C1. The molecule has 1 rings (SSSR count). The highest BCUT2D eigenvalue weighted by atomic mass is 16.5. The molecular formula is C14H29NO2. The smallest absolute Gasteiger partial charge is 0.0587 e. The molecular weight excluding hydrogens is 214 g/mol. The van der Waals surface area contributed by atoms with Gasteiger partial charge in [0.1, 0.15) is 0 Å². The molecule has 0 aromatic heterocycles. The van der Waals surface area contributed by atoms with E-state index in [1.165, 1.54) is 19.3 Å². The van der Waals surface area contributed by atoms with Crippen molar-refractivity contribution in [3.63, 3.8) is 0 Å². The molecule has 2 unspecified atom stereocenters. The second kappa shape index (κ2) is 8.90. The van der Waals surface area contributed by atoms with Gasteiger partial charge in [0, 0.05) is 20.3 Å². The maximum Gasteiger partial charge on any atom is 0.0587 e. The van der Waals surface area contributed by atoms with Crippen molar-refractivity contribution >= 4 is 0 Å². The van der Waals surface area contributed by atoms with Crippen LogP contribution in [0.15, 0.2) is 0 Å². The summed E-state index contributed by atoms with van der Waals surface area (Å²) in [5, 5.41) is 3.34. The summed E-state index contributed by atoms with van der Waals surface area (Å²) >= 11 is 0. The van der Waals surface area contributed by atoms with Gasteiger partial charge in [0.25, 0.3) is 0 Å². The van der Waals surface area contributed by atoms with E-state index < -0.39 is 0 Å². The number of nitrogens with one attached hydrogen (secondary N) is 1. The van der Waals surface area contributed by atoms with Crippen molar-refractivity contribution in [2.45, 2.75) is 45.6 Å². The Bertz CT molecular complexity index is 177. The summed E-state index contributed by atoms with van der Waals surface area (Å²) in [7, 11) is 1.73. The molecule has 0 aliphatic heterocycles. The van der Waals surface area contributed by atoms with Crippen molar-refractivity contribution in [3.05, 3.63) is 0 Å². The van der Waals surface area contributed by atoms with Crippen molar-refractivity contribution in [1.29, 1.82) is 0 Å². The van der Waals surface area contributed by atoms with Crippen LogP contribution in [-0.4, -0.2) is 39.5 Å². The van der Waals surface area contributed by atoms with Crippen LogP contribution in [0.4, 0.5) is 0 Å². The number of ether oxygens (including phenoxy) is 2. The molecule has 0 heterocycles. The van der Waals surface area contributed by atoms with Gasteiger partial charge in [0.2, 0.25) is 0 Å². The van der Waals surface area contributed by atoms with Crippen molar-refractivity contribution in [2.24, 2.45) is 11.8 Å². The lowest BCUT2D eigenvalue weighted by Crippen LogP contribution is -2.27. The molecule has 1 N–H and O–H groups in total. The Morgan fingerprint density at radius 1 is 1.00 bits per heavy atom. The number of hydrogen-bond acceptors (Lipinski definition) is 3. The topological polar surface area (TPSA) is 30.5 Å². The first kappa shape index (κ1) is 14.9. The first-order chi connectivity index (χ1) is 8.22. The van der Waals surface area contributed by atoms with E-state index in [1.807, 2.05) is 0 Å². The van der Waals surface area contributed by atoms with Crippen molar-refractivity contribution < 1.29 is 9.47 Å². The fourth-order valence-corrected chi connectivity index (χ4v) is 2.76. The Hall–Kier alpha value is -0.120. The van der Waals surface area contributed by atoms with Gasteiger partial charge in [-0.05, 0) is 44.1 Å². The summed E-state index contributed by atoms with van der Waals surface area (Å²) in [6.07, 6.45) is 5.48. The first-order valence-corrected chi connectivity index (χ1v) is 7.03. The molecule has 0 amide bonds. The maximum atomic E-state index is 5.96. The monoisotopic (exact) mass is 243 g/mol. The molecule has 0 saturated heterocycles. The lowest BCUT2D eigenvalue weighted by atomic mass is 9.82. The van der Waals surface area contributed by atoms with E-state index in [0.717, 1.165) is 44.6 Å². The molecule has 3 nitrogen and oxygen atoms in total. The molecule has 0 bridgehead atoms. The van der Waals surface area contributed by atoms with Crippen LogP contribution in [0.5, 0.6) is 0 Å². The van der Waals surface area contributed by atoms with Gasteiger partial charge < -0.3 is 14.8 Å². The molecule has 2 atom stereocenters. The average Bonchev–Trinajstić information content (AvgIpc) is 2.26. The Labute approximate surface area is 106 Å². The van der Waals surface area contributed by atoms with Gasteiger partial charge in [-0.1, -0.05) is 13.8 Å². The highest BCUT2D eigenvalue weighted by molar-refractivity contribution is 4.75. The predicted octanol–water partition coefficient (Wildman–Crippen LogP) is 2.45. The highest BCUT2D eigenvalue weighted by Crippen LogP contribution is 2.30. The Kier molecular flexibility index (Phi) is 7.82. The van der Waals surface area contributed by atoms with Crippen molar-refractivity contribution in [2.75, 3.05) is 33.4 Å². The van der Waals surface area contributed by atoms with Crippen LogP contribution >= 0.6 is 0 Å². The lowest BCUT2D eigenvalue weighted by molar-refractivity contribution is 0.000130. The minimum Gasteiger partial charge on any atom is -0.383 e.